The van der Waals surface area contributed by atoms with Crippen LogP contribution >= 0.6 is 0 Å². The van der Waals surface area contributed by atoms with Gasteiger partial charge in [-0.3, -0.25) is 0 Å². The van der Waals surface area contributed by atoms with Crippen molar-refractivity contribution in [1.82, 2.24) is 0 Å². The molecular formula is C4H15NO2Si2. The first kappa shape index (κ1) is 9.31. The van der Waals surface area contributed by atoms with E-state index in [1.165, 1.54) is 0 Å². The van der Waals surface area contributed by atoms with Crippen molar-refractivity contribution in [1.29, 1.82) is 0 Å². The fourth-order valence-electron chi connectivity index (χ4n) is 0.644. The summed E-state index contributed by atoms with van der Waals surface area (Å²) in [7, 11) is -4.34. The standard InChI is InChI=1S/C4H15NO2Si2/c1-8(2,5)7-9(3,4)6/h6H,5H2,1-4H3. The highest BCUT2D eigenvalue weighted by molar-refractivity contribution is 6.79. The lowest BCUT2D eigenvalue weighted by Gasteiger charge is -2.25. The van der Waals surface area contributed by atoms with Crippen molar-refractivity contribution in [3.63, 3.8) is 0 Å². The Bertz CT molecular complexity index is 81.7. The maximum Gasteiger partial charge on any atom is 0.319 e. The van der Waals surface area contributed by atoms with E-state index in [1.54, 1.807) is 13.1 Å². The van der Waals surface area contributed by atoms with Gasteiger partial charge in [-0.15, -0.1) is 0 Å². The molecule has 0 atom stereocenters. The summed E-state index contributed by atoms with van der Waals surface area (Å²) in [6.45, 7) is 7.15. The van der Waals surface area contributed by atoms with Gasteiger partial charge in [0, 0.05) is 0 Å². The van der Waals surface area contributed by atoms with Crippen molar-refractivity contribution in [3.05, 3.63) is 0 Å². The van der Waals surface area contributed by atoms with Gasteiger partial charge in [0.1, 0.15) is 0 Å². The van der Waals surface area contributed by atoms with E-state index in [4.69, 9.17) is 9.51 Å². The zero-order valence-corrected chi connectivity index (χ0v) is 8.43. The minimum Gasteiger partial charge on any atom is -0.424 e. The van der Waals surface area contributed by atoms with E-state index >= 15 is 0 Å². The largest absolute Gasteiger partial charge is 0.424 e. The van der Waals surface area contributed by atoms with Gasteiger partial charge in [0.05, 0.1) is 0 Å². The van der Waals surface area contributed by atoms with Crippen LogP contribution in [0.4, 0.5) is 0 Å². The number of rotatable bonds is 2. The lowest BCUT2D eigenvalue weighted by Crippen LogP contribution is -2.51. The number of hydrogen-bond donors (Lipinski definition) is 2. The average Bonchev–Trinajstić information content (AvgIpc) is 1.14. The SMILES string of the molecule is C[Si](C)(N)O[Si](C)(C)O. The van der Waals surface area contributed by atoms with Gasteiger partial charge >= 0.3 is 8.56 Å². The Morgan fingerprint density at radius 1 is 1.22 bits per heavy atom. The summed E-state index contributed by atoms with van der Waals surface area (Å²) in [6, 6.07) is 0. The molecule has 0 fully saturated rings. The fourth-order valence-corrected chi connectivity index (χ4v) is 5.79. The second-order valence-corrected chi connectivity index (χ2v) is 10.1. The third-order valence-electron chi connectivity index (χ3n) is 0.513. The molecule has 0 aliphatic rings. The van der Waals surface area contributed by atoms with Gasteiger partial charge in [-0.1, -0.05) is 0 Å². The summed E-state index contributed by atoms with van der Waals surface area (Å²) in [5.74, 6) is 0. The van der Waals surface area contributed by atoms with Gasteiger partial charge in [-0.2, -0.15) is 0 Å². The van der Waals surface area contributed by atoms with E-state index in [-0.39, 0.29) is 0 Å². The lowest BCUT2D eigenvalue weighted by molar-refractivity contribution is 0.386. The van der Waals surface area contributed by atoms with Crippen molar-refractivity contribution in [2.24, 2.45) is 5.40 Å². The van der Waals surface area contributed by atoms with Crippen LogP contribution in [0.1, 0.15) is 0 Å². The Morgan fingerprint density at radius 2 is 1.56 bits per heavy atom. The van der Waals surface area contributed by atoms with Gasteiger partial charge in [0.25, 0.3) is 8.48 Å². The zero-order chi connectivity index (χ0) is 7.71. The summed E-state index contributed by atoms with van der Waals surface area (Å²) >= 11 is 0. The molecular weight excluding hydrogens is 150 g/mol. The minimum atomic E-state index is -2.36. The highest BCUT2D eigenvalue weighted by atomic mass is 28.4. The molecule has 0 spiro atoms. The maximum atomic E-state index is 9.22. The monoisotopic (exact) mass is 165 g/mol. The predicted molar refractivity (Wildman–Crippen MR) is 42.5 cm³/mol. The summed E-state index contributed by atoms with van der Waals surface area (Å²) in [5, 5.41) is 5.61. The molecule has 3 N–H and O–H groups in total. The van der Waals surface area contributed by atoms with E-state index < -0.39 is 17.0 Å². The molecule has 56 valence electrons. The molecule has 3 nitrogen and oxygen atoms in total. The van der Waals surface area contributed by atoms with Crippen LogP contribution in [0.2, 0.25) is 26.2 Å². The molecule has 0 rings (SSSR count). The third kappa shape index (κ3) is 8.31. The van der Waals surface area contributed by atoms with Crippen LogP contribution < -0.4 is 5.40 Å². The lowest BCUT2D eigenvalue weighted by atomic mass is 11.9. The molecule has 0 aromatic rings. The zero-order valence-electron chi connectivity index (χ0n) is 6.43. The third-order valence-corrected chi connectivity index (χ3v) is 4.62. The Hall–Kier alpha value is 0.314. The molecule has 0 heterocycles. The topological polar surface area (TPSA) is 55.5 Å². The van der Waals surface area contributed by atoms with Gasteiger partial charge < -0.3 is 14.3 Å². The Morgan fingerprint density at radius 3 is 1.56 bits per heavy atom. The molecule has 0 aromatic carbocycles. The fraction of sp³-hybridized carbons (Fsp3) is 1.00. The first-order valence-electron chi connectivity index (χ1n) is 2.92. The van der Waals surface area contributed by atoms with E-state index in [1.807, 2.05) is 13.1 Å². The molecule has 0 bridgehead atoms. The van der Waals surface area contributed by atoms with Crippen LogP contribution in [0.5, 0.6) is 0 Å². The quantitative estimate of drug-likeness (QED) is 0.581. The molecule has 0 aliphatic heterocycles. The van der Waals surface area contributed by atoms with Crippen molar-refractivity contribution in [2.45, 2.75) is 26.2 Å². The minimum absolute atomic E-state index is 1.72. The van der Waals surface area contributed by atoms with E-state index in [0.29, 0.717) is 0 Å². The van der Waals surface area contributed by atoms with Crippen LogP contribution in [-0.4, -0.2) is 21.8 Å². The van der Waals surface area contributed by atoms with Crippen LogP contribution in [0.3, 0.4) is 0 Å². The Labute approximate surface area is 58.3 Å². The van der Waals surface area contributed by atoms with E-state index in [2.05, 4.69) is 0 Å². The number of hydrogen-bond acceptors (Lipinski definition) is 3. The van der Waals surface area contributed by atoms with Crippen molar-refractivity contribution in [2.75, 3.05) is 0 Å². The van der Waals surface area contributed by atoms with E-state index in [9.17, 15) is 4.80 Å². The molecule has 5 heteroatoms. The van der Waals surface area contributed by atoms with Crippen LogP contribution in [0.15, 0.2) is 0 Å². The van der Waals surface area contributed by atoms with Crippen molar-refractivity contribution in [3.8, 4) is 0 Å². The maximum absolute atomic E-state index is 9.22. The average molecular weight is 165 g/mol. The van der Waals surface area contributed by atoms with Crippen molar-refractivity contribution >= 4 is 17.0 Å². The Balaban J connectivity index is 3.75. The summed E-state index contributed by atoms with van der Waals surface area (Å²) in [6.07, 6.45) is 0. The highest BCUT2D eigenvalue weighted by Gasteiger charge is 2.28. The molecule has 0 unspecified atom stereocenters. The molecule has 0 radical (unpaired) electrons. The molecule has 0 aliphatic carbocycles. The number of nitrogens with two attached hydrogens (primary N) is 1. The molecule has 9 heavy (non-hydrogen) atoms. The molecule has 0 saturated carbocycles. The Kier molecular flexibility index (Phi) is 2.60. The molecule has 0 saturated heterocycles. The normalized spacial score (nSPS) is 14.0. The predicted octanol–water partition coefficient (Wildman–Crippen LogP) is 0.358. The second kappa shape index (κ2) is 2.51. The summed E-state index contributed by atoms with van der Waals surface area (Å²) < 4.78 is 5.24. The van der Waals surface area contributed by atoms with E-state index in [0.717, 1.165) is 0 Å². The van der Waals surface area contributed by atoms with Gasteiger partial charge in [-0.05, 0) is 26.2 Å². The summed E-state index contributed by atoms with van der Waals surface area (Å²) in [4.78, 5) is 9.22. The molecule has 0 amide bonds. The van der Waals surface area contributed by atoms with Crippen LogP contribution in [0, 0.1) is 0 Å². The van der Waals surface area contributed by atoms with Gasteiger partial charge in [0.15, 0.2) is 0 Å². The smallest absolute Gasteiger partial charge is 0.319 e. The van der Waals surface area contributed by atoms with Crippen LogP contribution in [0.25, 0.3) is 0 Å². The molecule has 0 aromatic heterocycles. The summed E-state index contributed by atoms with van der Waals surface area (Å²) in [5.41, 5.74) is 0. The van der Waals surface area contributed by atoms with Gasteiger partial charge in [-0.25, -0.2) is 0 Å². The highest BCUT2D eigenvalue weighted by Crippen LogP contribution is 2.05. The second-order valence-electron chi connectivity index (χ2n) is 3.15. The van der Waals surface area contributed by atoms with Crippen molar-refractivity contribution < 1.29 is 8.91 Å². The van der Waals surface area contributed by atoms with Gasteiger partial charge in [0.2, 0.25) is 0 Å². The first-order valence-corrected chi connectivity index (χ1v) is 8.76. The van der Waals surface area contributed by atoms with Crippen LogP contribution in [-0.2, 0) is 4.12 Å². The first-order chi connectivity index (χ1) is 3.71.